The second kappa shape index (κ2) is 10.3. The highest BCUT2D eigenvalue weighted by Gasteiger charge is 2.21. The van der Waals surface area contributed by atoms with Gasteiger partial charge in [-0.2, -0.15) is 0 Å². The Morgan fingerprint density at radius 3 is 2.68 bits per heavy atom. The van der Waals surface area contributed by atoms with Crippen LogP contribution in [0, 0.1) is 25.0 Å². The predicted octanol–water partition coefficient (Wildman–Crippen LogP) is 6.41. The first kappa shape index (κ1) is 24.2. The number of halogens is 2. The van der Waals surface area contributed by atoms with Gasteiger partial charge in [0.2, 0.25) is 0 Å². The number of nitrogens with zero attached hydrogens (tertiary/aromatic N) is 4. The molecule has 2 aliphatic rings. The summed E-state index contributed by atoms with van der Waals surface area (Å²) in [6.07, 6.45) is 12.6. The van der Waals surface area contributed by atoms with E-state index < -0.39 is 11.6 Å². The van der Waals surface area contributed by atoms with Crippen LogP contribution in [0.1, 0.15) is 17.5 Å². The summed E-state index contributed by atoms with van der Waals surface area (Å²) in [5.74, 6) is -0.558. The van der Waals surface area contributed by atoms with Crippen LogP contribution in [0.5, 0.6) is 0 Å². The van der Waals surface area contributed by atoms with Crippen molar-refractivity contribution in [3.05, 3.63) is 96.2 Å². The molecule has 4 heterocycles. The summed E-state index contributed by atoms with van der Waals surface area (Å²) in [4.78, 5) is 16.0. The standard InChI is InChI=1S/C30H26F2N5O/c1-19-29(24-9-5-6-10-33-24)36-26-16-21(31)15-23(32)28(26)30(19)35-25-17-27(37-11-13-38-14-12-37)34-18-22(25)20-7-3-2-4-8-20/h2-3,5-10,15-18H,4,11-14H2,1H3,(H,34,35,36). The van der Waals surface area contributed by atoms with E-state index >= 15 is 4.39 Å². The number of aromatic nitrogens is 3. The molecule has 0 amide bonds. The molecular weight excluding hydrogens is 484 g/mol. The summed E-state index contributed by atoms with van der Waals surface area (Å²) in [7, 11) is 0. The van der Waals surface area contributed by atoms with Crippen LogP contribution in [-0.2, 0) is 4.74 Å². The molecule has 1 saturated heterocycles. The molecule has 191 valence electrons. The normalized spacial score (nSPS) is 15.6. The third-order valence-electron chi connectivity index (χ3n) is 6.84. The van der Waals surface area contributed by atoms with Gasteiger partial charge in [0.1, 0.15) is 17.5 Å². The SMILES string of the molecule is Cc1c(-c2ccccn2)nc2cc(F)cc(F)c2c1Nc1cc(N2CCOCC2)ncc1C1=CC[CH]C=C1. The molecule has 1 aliphatic heterocycles. The van der Waals surface area contributed by atoms with Gasteiger partial charge in [0.15, 0.2) is 0 Å². The Hall–Kier alpha value is -4.17. The molecule has 6 rings (SSSR count). The molecule has 0 spiro atoms. The summed E-state index contributed by atoms with van der Waals surface area (Å²) >= 11 is 0. The van der Waals surface area contributed by atoms with Crippen LogP contribution in [0.4, 0.5) is 26.0 Å². The molecule has 0 atom stereocenters. The Bertz CT molecular complexity index is 1560. The third-order valence-corrected chi connectivity index (χ3v) is 6.84. The summed E-state index contributed by atoms with van der Waals surface area (Å²) in [5.41, 5.74) is 5.29. The van der Waals surface area contributed by atoms with Crippen molar-refractivity contribution in [1.29, 1.82) is 0 Å². The lowest BCUT2D eigenvalue weighted by Crippen LogP contribution is -2.36. The Balaban J connectivity index is 1.55. The number of allylic oxidation sites excluding steroid dienone is 4. The maximum absolute atomic E-state index is 15.4. The van der Waals surface area contributed by atoms with Crippen LogP contribution in [0.15, 0.2) is 67.0 Å². The lowest BCUT2D eigenvalue weighted by atomic mass is 9.98. The van der Waals surface area contributed by atoms with Gasteiger partial charge in [-0.25, -0.2) is 18.7 Å². The van der Waals surface area contributed by atoms with Crippen molar-refractivity contribution in [2.24, 2.45) is 0 Å². The van der Waals surface area contributed by atoms with Gasteiger partial charge in [-0.05, 0) is 37.5 Å². The first-order valence-corrected chi connectivity index (χ1v) is 12.6. The minimum absolute atomic E-state index is 0.214. The Morgan fingerprint density at radius 2 is 1.92 bits per heavy atom. The largest absolute Gasteiger partial charge is 0.378 e. The molecule has 1 radical (unpaired) electrons. The molecule has 1 fully saturated rings. The van der Waals surface area contributed by atoms with Crippen LogP contribution >= 0.6 is 0 Å². The molecule has 6 nitrogen and oxygen atoms in total. The second-order valence-corrected chi connectivity index (χ2v) is 9.26. The summed E-state index contributed by atoms with van der Waals surface area (Å²) < 4.78 is 35.2. The van der Waals surface area contributed by atoms with Gasteiger partial charge in [-0.1, -0.05) is 24.3 Å². The van der Waals surface area contributed by atoms with E-state index in [0.29, 0.717) is 35.9 Å². The van der Waals surface area contributed by atoms with Crippen molar-refractivity contribution in [3.8, 4) is 11.4 Å². The fourth-order valence-corrected chi connectivity index (χ4v) is 4.91. The van der Waals surface area contributed by atoms with E-state index in [2.05, 4.69) is 32.7 Å². The highest BCUT2D eigenvalue weighted by atomic mass is 19.1. The number of fused-ring (bicyclic) bond motifs is 1. The maximum Gasteiger partial charge on any atom is 0.137 e. The molecule has 0 bridgehead atoms. The zero-order valence-electron chi connectivity index (χ0n) is 20.9. The van der Waals surface area contributed by atoms with Crippen molar-refractivity contribution in [2.75, 3.05) is 36.5 Å². The molecule has 38 heavy (non-hydrogen) atoms. The number of hydrogen-bond acceptors (Lipinski definition) is 6. The van der Waals surface area contributed by atoms with Crippen LogP contribution in [-0.4, -0.2) is 41.3 Å². The van der Waals surface area contributed by atoms with Crippen molar-refractivity contribution < 1.29 is 13.5 Å². The van der Waals surface area contributed by atoms with Crippen molar-refractivity contribution in [1.82, 2.24) is 15.0 Å². The fraction of sp³-hybridized carbons (Fsp3) is 0.200. The number of morpholine rings is 1. The van der Waals surface area contributed by atoms with E-state index in [0.717, 1.165) is 48.2 Å². The van der Waals surface area contributed by atoms with Gasteiger partial charge in [0.05, 0.1) is 46.9 Å². The maximum atomic E-state index is 15.4. The zero-order chi connectivity index (χ0) is 26.1. The quantitative estimate of drug-likeness (QED) is 0.335. The molecular formula is C30H26F2N5O. The highest BCUT2D eigenvalue weighted by Crippen LogP contribution is 2.39. The van der Waals surface area contributed by atoms with Crippen LogP contribution < -0.4 is 10.2 Å². The van der Waals surface area contributed by atoms with Crippen molar-refractivity contribution >= 4 is 33.7 Å². The van der Waals surface area contributed by atoms with Gasteiger partial charge >= 0.3 is 0 Å². The van der Waals surface area contributed by atoms with Gasteiger partial charge in [0, 0.05) is 54.8 Å². The molecule has 1 N–H and O–H groups in total. The number of ether oxygens (including phenoxy) is 1. The van der Waals surface area contributed by atoms with Crippen molar-refractivity contribution in [2.45, 2.75) is 13.3 Å². The van der Waals surface area contributed by atoms with Crippen LogP contribution in [0.3, 0.4) is 0 Å². The lowest BCUT2D eigenvalue weighted by Gasteiger charge is -2.29. The first-order chi connectivity index (χ1) is 18.6. The van der Waals surface area contributed by atoms with Gasteiger partial charge in [-0.15, -0.1) is 0 Å². The average Bonchev–Trinajstić information content (AvgIpc) is 2.95. The minimum atomic E-state index is -0.683. The van der Waals surface area contributed by atoms with E-state index in [1.54, 1.807) is 6.20 Å². The Kier molecular flexibility index (Phi) is 6.55. The topological polar surface area (TPSA) is 63.2 Å². The smallest absolute Gasteiger partial charge is 0.137 e. The van der Waals surface area contributed by atoms with E-state index in [9.17, 15) is 4.39 Å². The Labute approximate surface area is 219 Å². The van der Waals surface area contributed by atoms with Crippen LogP contribution in [0.25, 0.3) is 27.9 Å². The molecule has 4 aromatic rings. The van der Waals surface area contributed by atoms with Gasteiger partial charge in [0.25, 0.3) is 0 Å². The summed E-state index contributed by atoms with van der Waals surface area (Å²) in [5, 5.41) is 3.74. The average molecular weight is 511 g/mol. The minimum Gasteiger partial charge on any atom is -0.378 e. The van der Waals surface area contributed by atoms with Crippen molar-refractivity contribution in [3.63, 3.8) is 0 Å². The lowest BCUT2D eigenvalue weighted by molar-refractivity contribution is 0.122. The molecule has 0 saturated carbocycles. The summed E-state index contributed by atoms with van der Waals surface area (Å²) in [6, 6.07) is 9.65. The monoisotopic (exact) mass is 510 g/mol. The van der Waals surface area contributed by atoms with E-state index in [-0.39, 0.29) is 10.9 Å². The number of nitrogens with one attached hydrogen (secondary N) is 1. The number of anilines is 3. The molecule has 1 aliphatic carbocycles. The zero-order valence-corrected chi connectivity index (χ0v) is 20.9. The van der Waals surface area contributed by atoms with E-state index in [4.69, 9.17) is 9.72 Å². The molecule has 3 aromatic heterocycles. The Morgan fingerprint density at radius 1 is 1.05 bits per heavy atom. The number of rotatable bonds is 5. The third kappa shape index (κ3) is 4.63. The number of pyridine rings is 3. The molecule has 0 unspecified atom stereocenters. The fourth-order valence-electron chi connectivity index (χ4n) is 4.91. The highest BCUT2D eigenvalue weighted by molar-refractivity contribution is 5.99. The van der Waals surface area contributed by atoms with Gasteiger partial charge in [-0.3, -0.25) is 4.98 Å². The number of hydrogen-bond donors (Lipinski definition) is 1. The summed E-state index contributed by atoms with van der Waals surface area (Å²) in [6.45, 7) is 4.61. The van der Waals surface area contributed by atoms with Gasteiger partial charge < -0.3 is 15.0 Å². The first-order valence-electron chi connectivity index (χ1n) is 12.6. The second-order valence-electron chi connectivity index (χ2n) is 9.26. The van der Waals surface area contributed by atoms with E-state index in [1.165, 1.54) is 6.07 Å². The molecule has 8 heteroatoms. The predicted molar refractivity (Wildman–Crippen MR) is 146 cm³/mol. The number of benzene rings is 1. The molecule has 1 aromatic carbocycles. The van der Waals surface area contributed by atoms with E-state index in [1.807, 2.05) is 49.5 Å². The van der Waals surface area contributed by atoms with Crippen LogP contribution in [0.2, 0.25) is 0 Å².